The molecule has 0 bridgehead atoms. The lowest BCUT2D eigenvalue weighted by molar-refractivity contribution is -0.127. The molecule has 0 aliphatic carbocycles. The topological polar surface area (TPSA) is 71.0 Å². The number of nitrogens with zero attached hydrogens (tertiary/aromatic N) is 4. The molecule has 130 valence electrons. The number of likely N-dealkylation sites (tertiary alicyclic amines) is 1. The molecule has 1 atom stereocenters. The Bertz CT molecular complexity index is 769. The third kappa shape index (κ3) is 4.21. The van der Waals surface area contributed by atoms with Gasteiger partial charge in [0, 0.05) is 36.6 Å². The second kappa shape index (κ2) is 7.42. The predicted molar refractivity (Wildman–Crippen MR) is 97.8 cm³/mol. The number of rotatable bonds is 4. The first kappa shape index (κ1) is 17.1. The molecule has 6 heteroatoms. The number of pyridine rings is 1. The van der Waals surface area contributed by atoms with E-state index in [1.54, 1.807) is 6.20 Å². The quantitative estimate of drug-likeness (QED) is 0.868. The summed E-state index contributed by atoms with van der Waals surface area (Å²) in [4.78, 5) is 26.9. The summed E-state index contributed by atoms with van der Waals surface area (Å²) in [5.74, 6) is 1.58. The van der Waals surface area contributed by atoms with Crippen LogP contribution in [-0.4, -0.2) is 38.8 Å². The smallest absolute Gasteiger partial charge is 0.245 e. The normalized spacial score (nSPS) is 17.2. The van der Waals surface area contributed by atoms with E-state index in [0.717, 1.165) is 36.6 Å². The largest absolute Gasteiger partial charge is 0.339 e. The molecule has 1 fully saturated rings. The third-order valence-electron chi connectivity index (χ3n) is 4.39. The summed E-state index contributed by atoms with van der Waals surface area (Å²) in [6.45, 7) is 8.98. The Morgan fingerprint density at radius 3 is 2.80 bits per heavy atom. The van der Waals surface area contributed by atoms with Crippen molar-refractivity contribution in [1.82, 2.24) is 19.9 Å². The number of nitrogens with one attached hydrogen (secondary N) is 1. The van der Waals surface area contributed by atoms with Crippen LogP contribution in [0.5, 0.6) is 0 Å². The molecule has 6 nitrogen and oxygen atoms in total. The minimum Gasteiger partial charge on any atom is -0.339 e. The van der Waals surface area contributed by atoms with Crippen molar-refractivity contribution >= 4 is 17.7 Å². The van der Waals surface area contributed by atoms with E-state index in [1.165, 1.54) is 11.6 Å². The molecule has 2 aromatic rings. The maximum atomic E-state index is 11.9. The third-order valence-corrected chi connectivity index (χ3v) is 4.39. The fourth-order valence-corrected chi connectivity index (χ4v) is 3.24. The second-order valence-electron chi connectivity index (χ2n) is 6.40. The van der Waals surface area contributed by atoms with Crippen LogP contribution in [0.4, 0.5) is 11.8 Å². The van der Waals surface area contributed by atoms with Crippen molar-refractivity contribution in [2.24, 2.45) is 0 Å². The molecule has 25 heavy (non-hydrogen) atoms. The van der Waals surface area contributed by atoms with Gasteiger partial charge >= 0.3 is 0 Å². The highest BCUT2D eigenvalue weighted by Gasteiger charge is 2.23. The van der Waals surface area contributed by atoms with Gasteiger partial charge in [0.25, 0.3) is 0 Å². The van der Waals surface area contributed by atoms with Crippen molar-refractivity contribution in [2.75, 3.05) is 18.4 Å². The number of hydrogen-bond acceptors (Lipinski definition) is 5. The monoisotopic (exact) mass is 337 g/mol. The van der Waals surface area contributed by atoms with E-state index in [0.29, 0.717) is 18.4 Å². The Morgan fingerprint density at radius 1 is 1.32 bits per heavy atom. The maximum Gasteiger partial charge on any atom is 0.245 e. The van der Waals surface area contributed by atoms with Crippen LogP contribution >= 0.6 is 0 Å². The summed E-state index contributed by atoms with van der Waals surface area (Å²) in [6.07, 6.45) is 5.23. The molecule has 0 aromatic carbocycles. The van der Waals surface area contributed by atoms with Gasteiger partial charge in [0.15, 0.2) is 0 Å². The summed E-state index contributed by atoms with van der Waals surface area (Å²) in [7, 11) is 0. The van der Waals surface area contributed by atoms with Gasteiger partial charge in [-0.25, -0.2) is 15.0 Å². The number of anilines is 2. The van der Waals surface area contributed by atoms with Crippen LogP contribution in [-0.2, 0) is 4.79 Å². The van der Waals surface area contributed by atoms with Gasteiger partial charge in [0.1, 0.15) is 5.82 Å². The van der Waals surface area contributed by atoms with Crippen molar-refractivity contribution in [3.63, 3.8) is 0 Å². The van der Waals surface area contributed by atoms with Gasteiger partial charge < -0.3 is 10.2 Å². The van der Waals surface area contributed by atoms with Crippen molar-refractivity contribution in [2.45, 2.75) is 32.6 Å². The van der Waals surface area contributed by atoms with E-state index in [1.807, 2.05) is 36.9 Å². The molecular formula is C19H23N5O. The highest BCUT2D eigenvalue weighted by atomic mass is 16.2. The lowest BCUT2D eigenvalue weighted by atomic mass is 9.91. The standard InChI is InChI=1S/C19H23N5O/c1-4-18(25)24-9-5-6-16(12-24)15-7-8-20-17(11-15)23-19-21-13(2)10-14(3)22-19/h4,7-8,10-11,16H,1,5-6,9,12H2,2-3H3,(H,20,21,22,23)/t16-/m0/s1. The first-order valence-electron chi connectivity index (χ1n) is 8.52. The van der Waals surface area contributed by atoms with E-state index in [-0.39, 0.29) is 5.91 Å². The van der Waals surface area contributed by atoms with Gasteiger partial charge in [0.05, 0.1) is 0 Å². The molecule has 2 aromatic heterocycles. The average Bonchev–Trinajstić information content (AvgIpc) is 2.60. The minimum atomic E-state index is 0.000686. The SMILES string of the molecule is C=CC(=O)N1CCC[C@H](c2ccnc(Nc3nc(C)cc(C)n3)c2)C1. The number of amides is 1. The molecule has 0 unspecified atom stereocenters. The lowest BCUT2D eigenvalue weighted by Gasteiger charge is -2.32. The summed E-state index contributed by atoms with van der Waals surface area (Å²) >= 11 is 0. The van der Waals surface area contributed by atoms with Gasteiger partial charge in [-0.05, 0) is 56.5 Å². The van der Waals surface area contributed by atoms with E-state index in [9.17, 15) is 4.79 Å². The van der Waals surface area contributed by atoms with Crippen LogP contribution < -0.4 is 5.32 Å². The molecule has 0 radical (unpaired) electrons. The number of aromatic nitrogens is 3. The van der Waals surface area contributed by atoms with Crippen LogP contribution in [0.2, 0.25) is 0 Å². The molecule has 0 saturated carbocycles. The van der Waals surface area contributed by atoms with Crippen LogP contribution in [0.1, 0.15) is 35.7 Å². The van der Waals surface area contributed by atoms with Gasteiger partial charge in [0.2, 0.25) is 11.9 Å². The summed E-state index contributed by atoms with van der Waals surface area (Å²) in [5.41, 5.74) is 3.00. The number of carbonyl (C=O) groups is 1. The van der Waals surface area contributed by atoms with E-state index >= 15 is 0 Å². The number of carbonyl (C=O) groups excluding carboxylic acids is 1. The Hall–Kier alpha value is -2.76. The fourth-order valence-electron chi connectivity index (χ4n) is 3.24. The van der Waals surface area contributed by atoms with Crippen molar-refractivity contribution in [1.29, 1.82) is 0 Å². The molecule has 1 saturated heterocycles. The zero-order chi connectivity index (χ0) is 17.8. The van der Waals surface area contributed by atoms with E-state index < -0.39 is 0 Å². The number of piperidine rings is 1. The Morgan fingerprint density at radius 2 is 2.08 bits per heavy atom. The Kier molecular flexibility index (Phi) is 5.07. The Labute approximate surface area is 148 Å². The van der Waals surface area contributed by atoms with E-state index in [2.05, 4.69) is 26.8 Å². The van der Waals surface area contributed by atoms with Crippen molar-refractivity contribution < 1.29 is 4.79 Å². The zero-order valence-corrected chi connectivity index (χ0v) is 14.7. The molecule has 1 N–H and O–H groups in total. The Balaban J connectivity index is 1.77. The molecule has 0 spiro atoms. The highest BCUT2D eigenvalue weighted by molar-refractivity contribution is 5.87. The van der Waals surface area contributed by atoms with Crippen LogP contribution in [0.25, 0.3) is 0 Å². The van der Waals surface area contributed by atoms with Crippen LogP contribution in [0, 0.1) is 13.8 Å². The summed E-state index contributed by atoms with van der Waals surface area (Å²) < 4.78 is 0. The van der Waals surface area contributed by atoms with Gasteiger partial charge in [-0.2, -0.15) is 0 Å². The first-order chi connectivity index (χ1) is 12.0. The van der Waals surface area contributed by atoms with Gasteiger partial charge in [-0.15, -0.1) is 0 Å². The van der Waals surface area contributed by atoms with Gasteiger partial charge in [-0.1, -0.05) is 6.58 Å². The molecular weight excluding hydrogens is 314 g/mol. The summed E-state index contributed by atoms with van der Waals surface area (Å²) in [6, 6.07) is 5.97. The number of hydrogen-bond donors (Lipinski definition) is 1. The predicted octanol–water partition coefficient (Wildman–Crippen LogP) is 3.12. The first-order valence-corrected chi connectivity index (χ1v) is 8.52. The maximum absolute atomic E-state index is 11.9. The molecule has 1 amide bonds. The minimum absolute atomic E-state index is 0.000686. The van der Waals surface area contributed by atoms with Crippen LogP contribution in [0.3, 0.4) is 0 Å². The van der Waals surface area contributed by atoms with E-state index in [4.69, 9.17) is 0 Å². The highest BCUT2D eigenvalue weighted by Crippen LogP contribution is 2.28. The molecule has 1 aliphatic rings. The zero-order valence-electron chi connectivity index (χ0n) is 14.7. The molecule has 3 heterocycles. The molecule has 1 aliphatic heterocycles. The summed E-state index contributed by atoms with van der Waals surface area (Å²) in [5, 5.41) is 3.18. The lowest BCUT2D eigenvalue weighted by Crippen LogP contribution is -2.38. The average molecular weight is 337 g/mol. The van der Waals surface area contributed by atoms with Crippen LogP contribution in [0.15, 0.2) is 37.1 Å². The second-order valence-corrected chi connectivity index (χ2v) is 6.40. The van der Waals surface area contributed by atoms with Gasteiger partial charge in [-0.3, -0.25) is 4.79 Å². The van der Waals surface area contributed by atoms with Crippen molar-refractivity contribution in [3.05, 3.63) is 54.0 Å². The molecule has 3 rings (SSSR count). The van der Waals surface area contributed by atoms with Crippen molar-refractivity contribution in [3.8, 4) is 0 Å². The number of aryl methyl sites for hydroxylation is 2. The fraction of sp³-hybridized carbons (Fsp3) is 0.368.